The van der Waals surface area contributed by atoms with Gasteiger partial charge in [-0.2, -0.15) is 0 Å². The van der Waals surface area contributed by atoms with Gasteiger partial charge in [0.1, 0.15) is 0 Å². The van der Waals surface area contributed by atoms with Gasteiger partial charge in [-0.1, -0.05) is 137 Å². The fourth-order valence-corrected chi connectivity index (χ4v) is 7.45. The average Bonchev–Trinajstić information content (AvgIpc) is 3.44. The molecule has 2 unspecified atom stereocenters. The molecule has 0 spiro atoms. The van der Waals surface area contributed by atoms with Crippen molar-refractivity contribution in [2.75, 3.05) is 0 Å². The van der Waals surface area contributed by atoms with Crippen LogP contribution >= 0.6 is 0 Å². The molecule has 6 rings (SSSR count). The third kappa shape index (κ3) is 3.83. The third-order valence-corrected chi connectivity index (χ3v) is 8.95. The van der Waals surface area contributed by atoms with E-state index in [0.717, 1.165) is 0 Å². The Balaban J connectivity index is 1.53. The lowest BCUT2D eigenvalue weighted by Gasteiger charge is -2.38. The molecule has 0 fully saturated rings. The quantitative estimate of drug-likeness (QED) is 0.228. The molecule has 0 radical (unpaired) electrons. The van der Waals surface area contributed by atoms with E-state index in [-0.39, 0.29) is 0 Å². The van der Waals surface area contributed by atoms with E-state index in [1.165, 1.54) is 60.8 Å². The zero-order valence-corrected chi connectivity index (χ0v) is 21.8. The van der Waals surface area contributed by atoms with Crippen molar-refractivity contribution >= 4 is 0 Å². The van der Waals surface area contributed by atoms with Gasteiger partial charge in [0.2, 0.25) is 0 Å². The second-order valence-corrected chi connectivity index (χ2v) is 10.9. The van der Waals surface area contributed by atoms with E-state index in [0.29, 0.717) is 23.7 Å². The number of hydrogen-bond acceptors (Lipinski definition) is 0. The largest absolute Gasteiger partial charge is 0.0654 e. The molecular formula is C36H38. The Bertz CT molecular complexity index is 1150. The predicted octanol–water partition coefficient (Wildman–Crippen LogP) is 10.2. The zero-order chi connectivity index (χ0) is 24.5. The molecule has 2 atom stereocenters. The molecular weight excluding hydrogens is 432 g/mol. The SMILES string of the molecule is CCCCC(C1c2ccccc2-c2ccccc21)C(CCCC)C1c2ccccc2-c2ccccc21. The van der Waals surface area contributed by atoms with E-state index in [1.54, 1.807) is 22.3 Å². The number of fused-ring (bicyclic) bond motifs is 6. The molecule has 0 aromatic heterocycles. The maximum atomic E-state index is 2.42. The molecule has 0 nitrogen and oxygen atoms in total. The lowest BCUT2D eigenvalue weighted by molar-refractivity contribution is 0.237. The van der Waals surface area contributed by atoms with Gasteiger partial charge in [-0.3, -0.25) is 0 Å². The van der Waals surface area contributed by atoms with Crippen molar-refractivity contribution < 1.29 is 0 Å². The van der Waals surface area contributed by atoms with Crippen molar-refractivity contribution in [3.63, 3.8) is 0 Å². The highest BCUT2D eigenvalue weighted by atomic mass is 14.5. The molecule has 0 amide bonds. The van der Waals surface area contributed by atoms with Crippen LogP contribution in [0.4, 0.5) is 0 Å². The Labute approximate surface area is 217 Å². The highest BCUT2D eigenvalue weighted by Crippen LogP contribution is 2.57. The predicted molar refractivity (Wildman–Crippen MR) is 153 cm³/mol. The van der Waals surface area contributed by atoms with Gasteiger partial charge in [-0.25, -0.2) is 0 Å². The van der Waals surface area contributed by atoms with Crippen LogP contribution in [0.25, 0.3) is 22.3 Å². The van der Waals surface area contributed by atoms with Crippen LogP contribution in [0.2, 0.25) is 0 Å². The first kappa shape index (κ1) is 23.3. The van der Waals surface area contributed by atoms with Gasteiger partial charge in [0.15, 0.2) is 0 Å². The van der Waals surface area contributed by atoms with Gasteiger partial charge in [0.25, 0.3) is 0 Å². The zero-order valence-electron chi connectivity index (χ0n) is 21.8. The Morgan fingerprint density at radius 2 is 0.722 bits per heavy atom. The lowest BCUT2D eigenvalue weighted by atomic mass is 9.66. The van der Waals surface area contributed by atoms with Crippen LogP contribution in [0.5, 0.6) is 0 Å². The van der Waals surface area contributed by atoms with Crippen LogP contribution in [-0.2, 0) is 0 Å². The number of hydrogen-bond donors (Lipinski definition) is 0. The van der Waals surface area contributed by atoms with Crippen molar-refractivity contribution in [2.45, 2.75) is 64.2 Å². The molecule has 2 aliphatic rings. The summed E-state index contributed by atoms with van der Waals surface area (Å²) in [4.78, 5) is 0. The van der Waals surface area contributed by atoms with Gasteiger partial charge in [-0.15, -0.1) is 0 Å². The van der Waals surface area contributed by atoms with E-state index in [9.17, 15) is 0 Å². The fraction of sp³-hybridized carbons (Fsp3) is 0.333. The van der Waals surface area contributed by atoms with Gasteiger partial charge in [0.05, 0.1) is 0 Å². The van der Waals surface area contributed by atoms with Crippen molar-refractivity contribution in [3.05, 3.63) is 119 Å². The maximum Gasteiger partial charge on any atom is 0.0133 e. The molecule has 0 aliphatic heterocycles. The van der Waals surface area contributed by atoms with Crippen LogP contribution in [-0.4, -0.2) is 0 Å². The van der Waals surface area contributed by atoms with Crippen LogP contribution in [0.15, 0.2) is 97.1 Å². The first-order chi connectivity index (χ1) is 17.8. The van der Waals surface area contributed by atoms with Gasteiger partial charge < -0.3 is 0 Å². The van der Waals surface area contributed by atoms with Gasteiger partial charge >= 0.3 is 0 Å². The summed E-state index contributed by atoms with van der Waals surface area (Å²) in [5, 5.41) is 0. The van der Waals surface area contributed by atoms with E-state index in [2.05, 4.69) is 111 Å². The fourth-order valence-electron chi connectivity index (χ4n) is 7.45. The minimum atomic E-state index is 0.478. The topological polar surface area (TPSA) is 0 Å². The van der Waals surface area contributed by atoms with Crippen LogP contribution < -0.4 is 0 Å². The van der Waals surface area contributed by atoms with E-state index < -0.39 is 0 Å². The monoisotopic (exact) mass is 470 g/mol. The Hall–Kier alpha value is -3.12. The average molecular weight is 471 g/mol. The molecule has 2 aliphatic carbocycles. The third-order valence-electron chi connectivity index (χ3n) is 8.95. The second kappa shape index (κ2) is 10.1. The smallest absolute Gasteiger partial charge is 0.0133 e. The lowest BCUT2D eigenvalue weighted by Crippen LogP contribution is -2.27. The van der Waals surface area contributed by atoms with Crippen LogP contribution in [0, 0.1) is 11.8 Å². The Morgan fingerprint density at radius 1 is 0.444 bits per heavy atom. The summed E-state index contributed by atoms with van der Waals surface area (Å²) >= 11 is 0. The minimum absolute atomic E-state index is 0.478. The minimum Gasteiger partial charge on any atom is -0.0654 e. The van der Waals surface area contributed by atoms with Crippen LogP contribution in [0.1, 0.15) is 86.5 Å². The molecule has 4 aromatic carbocycles. The van der Waals surface area contributed by atoms with E-state index >= 15 is 0 Å². The number of unbranched alkanes of at least 4 members (excludes halogenated alkanes) is 2. The first-order valence-corrected chi connectivity index (χ1v) is 14.2. The van der Waals surface area contributed by atoms with Crippen LogP contribution in [0.3, 0.4) is 0 Å². The summed E-state index contributed by atoms with van der Waals surface area (Å²) in [6, 6.07) is 37.0. The molecule has 0 saturated carbocycles. The van der Waals surface area contributed by atoms with Gasteiger partial charge in [0, 0.05) is 11.8 Å². The second-order valence-electron chi connectivity index (χ2n) is 10.9. The normalized spacial score (nSPS) is 15.7. The van der Waals surface area contributed by atoms with Crippen molar-refractivity contribution in [3.8, 4) is 22.3 Å². The molecule has 0 bridgehead atoms. The summed E-state index contributed by atoms with van der Waals surface area (Å²) < 4.78 is 0. The summed E-state index contributed by atoms with van der Waals surface area (Å²) in [5.41, 5.74) is 12.1. The molecule has 4 aromatic rings. The number of benzene rings is 4. The molecule has 0 N–H and O–H groups in total. The molecule has 36 heavy (non-hydrogen) atoms. The Kier molecular flexibility index (Phi) is 6.53. The Morgan fingerprint density at radius 3 is 1.00 bits per heavy atom. The maximum absolute atomic E-state index is 2.42. The summed E-state index contributed by atoms with van der Waals surface area (Å²) in [5.74, 6) is 2.19. The van der Waals surface area contributed by atoms with E-state index in [1.807, 2.05) is 0 Å². The van der Waals surface area contributed by atoms with Gasteiger partial charge in [-0.05, 0) is 69.2 Å². The van der Waals surface area contributed by atoms with Crippen molar-refractivity contribution in [1.82, 2.24) is 0 Å². The molecule has 182 valence electrons. The summed E-state index contributed by atoms with van der Waals surface area (Å²) in [6.45, 7) is 4.71. The molecule has 0 heterocycles. The van der Waals surface area contributed by atoms with Crippen molar-refractivity contribution in [1.29, 1.82) is 0 Å². The van der Waals surface area contributed by atoms with Crippen molar-refractivity contribution in [2.24, 2.45) is 11.8 Å². The number of rotatable bonds is 9. The standard InChI is InChI=1S/C36H38/c1-3-5-15-33(35-29-21-11-7-17-25(29)26-18-8-12-22-30(26)35)34(16-6-4-2)36-31-23-13-9-19-27(31)28-20-10-14-24-32(28)36/h7-14,17-24,33-36H,3-6,15-16H2,1-2H3. The van der Waals surface area contributed by atoms with E-state index in [4.69, 9.17) is 0 Å². The highest BCUT2D eigenvalue weighted by molar-refractivity contribution is 5.80. The summed E-state index contributed by atoms with van der Waals surface area (Å²) in [7, 11) is 0. The molecule has 0 heteroatoms. The summed E-state index contributed by atoms with van der Waals surface area (Å²) in [6.07, 6.45) is 7.68. The first-order valence-electron chi connectivity index (χ1n) is 14.2. The highest BCUT2D eigenvalue weighted by Gasteiger charge is 2.43. The molecule has 0 saturated heterocycles.